The number of rotatable bonds is 4. The maximum Gasteiger partial charge on any atom is 0.270 e. The summed E-state index contributed by atoms with van der Waals surface area (Å²) in [6.45, 7) is 3.54. The third kappa shape index (κ3) is 4.19. The molecule has 0 radical (unpaired) electrons. The molecule has 32 heavy (non-hydrogen) atoms. The first-order valence-corrected chi connectivity index (χ1v) is 11.6. The van der Waals surface area contributed by atoms with E-state index in [1.54, 1.807) is 34.6 Å². The third-order valence-corrected chi connectivity index (χ3v) is 7.01. The molecule has 0 aliphatic carbocycles. The second-order valence-corrected chi connectivity index (χ2v) is 9.36. The highest BCUT2D eigenvalue weighted by Crippen LogP contribution is 2.30. The van der Waals surface area contributed by atoms with E-state index >= 15 is 0 Å². The summed E-state index contributed by atoms with van der Waals surface area (Å²) in [5.41, 5.74) is 1.45. The van der Waals surface area contributed by atoms with Gasteiger partial charge in [-0.1, -0.05) is 29.8 Å². The normalized spacial score (nSPS) is 14.7. The van der Waals surface area contributed by atoms with E-state index in [4.69, 9.17) is 11.6 Å². The molecule has 1 saturated heterocycles. The molecular weight excluding hydrogens is 444 g/mol. The number of hydrogen-bond acceptors (Lipinski definition) is 5. The monoisotopic (exact) mass is 464 g/mol. The second kappa shape index (κ2) is 8.86. The van der Waals surface area contributed by atoms with Gasteiger partial charge in [0.1, 0.15) is 11.2 Å². The summed E-state index contributed by atoms with van der Waals surface area (Å²) in [7, 11) is 0. The standard InChI is InChI=1S/C24H21ClN4O2S/c25-18-5-3-4-17(14-18)21-8-7-19(32-21)16-27-10-12-28(13-11-27)23(30)20-15-26-22-6-1-2-9-29(22)24(20)31/h1-9,14-15H,10-13,16H2. The van der Waals surface area contributed by atoms with Gasteiger partial charge in [0.15, 0.2) is 0 Å². The molecule has 0 spiro atoms. The van der Waals surface area contributed by atoms with Crippen molar-refractivity contribution < 1.29 is 4.79 Å². The molecule has 1 aromatic carbocycles. The van der Waals surface area contributed by atoms with Crippen LogP contribution >= 0.6 is 22.9 Å². The van der Waals surface area contributed by atoms with Gasteiger partial charge in [-0.05, 0) is 42.0 Å². The van der Waals surface area contributed by atoms with Crippen LogP contribution in [0, 0.1) is 0 Å². The summed E-state index contributed by atoms with van der Waals surface area (Å²) in [5.74, 6) is -0.250. The van der Waals surface area contributed by atoms with Crippen molar-refractivity contribution in [1.82, 2.24) is 19.2 Å². The second-order valence-electron chi connectivity index (χ2n) is 7.75. The average molecular weight is 465 g/mol. The van der Waals surface area contributed by atoms with Crippen molar-refractivity contribution in [3.63, 3.8) is 0 Å². The molecule has 5 rings (SSSR count). The number of nitrogens with zero attached hydrogens (tertiary/aromatic N) is 4. The van der Waals surface area contributed by atoms with Crippen molar-refractivity contribution in [2.45, 2.75) is 6.54 Å². The SMILES string of the molecule is O=C(c1cnc2ccccn2c1=O)N1CCN(Cc2ccc(-c3cccc(Cl)c3)s2)CC1. The summed E-state index contributed by atoms with van der Waals surface area (Å²) in [6, 6.07) is 17.5. The van der Waals surface area contributed by atoms with Crippen LogP contribution in [0.2, 0.25) is 5.02 Å². The minimum absolute atomic E-state index is 0.117. The van der Waals surface area contributed by atoms with E-state index in [1.165, 1.54) is 20.4 Å². The fraction of sp³-hybridized carbons (Fsp3) is 0.208. The minimum atomic E-state index is -0.324. The van der Waals surface area contributed by atoms with Gasteiger partial charge < -0.3 is 4.90 Å². The van der Waals surface area contributed by atoms with Crippen LogP contribution in [0.25, 0.3) is 16.1 Å². The van der Waals surface area contributed by atoms with Crippen LogP contribution in [0.15, 0.2) is 71.8 Å². The Bertz CT molecular complexity index is 1340. The number of carbonyl (C=O) groups is 1. The Labute approximate surface area is 194 Å². The lowest BCUT2D eigenvalue weighted by molar-refractivity contribution is 0.0627. The van der Waals surface area contributed by atoms with E-state index in [9.17, 15) is 9.59 Å². The van der Waals surface area contributed by atoms with Gasteiger partial charge in [-0.2, -0.15) is 0 Å². The fourth-order valence-corrected chi connectivity index (χ4v) is 5.17. The molecule has 0 bridgehead atoms. The first kappa shape index (κ1) is 20.9. The van der Waals surface area contributed by atoms with Gasteiger partial charge in [0, 0.05) is 59.9 Å². The molecule has 0 saturated carbocycles. The molecule has 1 amide bonds. The predicted molar refractivity (Wildman–Crippen MR) is 127 cm³/mol. The third-order valence-electron chi connectivity index (χ3n) is 5.65. The van der Waals surface area contributed by atoms with Gasteiger partial charge in [-0.3, -0.25) is 18.9 Å². The number of halogens is 1. The molecule has 0 unspecified atom stereocenters. The Hall–Kier alpha value is -3.00. The molecule has 3 aromatic heterocycles. The van der Waals surface area contributed by atoms with Gasteiger partial charge >= 0.3 is 0 Å². The van der Waals surface area contributed by atoms with Crippen LogP contribution in [-0.2, 0) is 6.54 Å². The summed E-state index contributed by atoms with van der Waals surface area (Å²) in [6.07, 6.45) is 3.04. The molecule has 8 heteroatoms. The zero-order chi connectivity index (χ0) is 22.1. The van der Waals surface area contributed by atoms with Crippen LogP contribution in [0.5, 0.6) is 0 Å². The number of benzene rings is 1. The van der Waals surface area contributed by atoms with E-state index in [2.05, 4.69) is 28.1 Å². The first-order chi connectivity index (χ1) is 15.6. The molecule has 4 heterocycles. The number of aromatic nitrogens is 2. The van der Waals surface area contributed by atoms with Crippen molar-refractivity contribution in [2.75, 3.05) is 26.2 Å². The van der Waals surface area contributed by atoms with E-state index in [0.717, 1.165) is 30.2 Å². The van der Waals surface area contributed by atoms with Crippen molar-refractivity contribution in [1.29, 1.82) is 0 Å². The Morgan fingerprint density at radius 1 is 1.03 bits per heavy atom. The maximum absolute atomic E-state index is 13.0. The molecule has 6 nitrogen and oxygen atoms in total. The van der Waals surface area contributed by atoms with Crippen molar-refractivity contribution in [2.24, 2.45) is 0 Å². The van der Waals surface area contributed by atoms with Crippen molar-refractivity contribution in [3.05, 3.63) is 92.8 Å². The topological polar surface area (TPSA) is 57.9 Å². The number of carbonyl (C=O) groups excluding carboxylic acids is 1. The smallest absolute Gasteiger partial charge is 0.270 e. The van der Waals surface area contributed by atoms with Crippen LogP contribution < -0.4 is 5.56 Å². The van der Waals surface area contributed by atoms with E-state index in [0.29, 0.717) is 18.7 Å². The maximum atomic E-state index is 13.0. The zero-order valence-electron chi connectivity index (χ0n) is 17.3. The Morgan fingerprint density at radius 2 is 1.88 bits per heavy atom. The van der Waals surface area contributed by atoms with Crippen molar-refractivity contribution >= 4 is 34.5 Å². The number of hydrogen-bond donors (Lipinski definition) is 0. The van der Waals surface area contributed by atoms with Gasteiger partial charge in [-0.25, -0.2) is 4.98 Å². The molecule has 4 aromatic rings. The summed E-state index contributed by atoms with van der Waals surface area (Å²) in [5, 5.41) is 0.736. The van der Waals surface area contributed by atoms with Gasteiger partial charge in [0.2, 0.25) is 0 Å². The van der Waals surface area contributed by atoms with Gasteiger partial charge in [0.05, 0.1) is 0 Å². The highest BCUT2D eigenvalue weighted by Gasteiger charge is 2.25. The molecular formula is C24H21ClN4O2S. The number of fused-ring (bicyclic) bond motifs is 1. The van der Waals surface area contributed by atoms with Crippen molar-refractivity contribution in [3.8, 4) is 10.4 Å². The molecule has 0 N–H and O–H groups in total. The fourth-order valence-electron chi connectivity index (χ4n) is 3.93. The molecule has 162 valence electrons. The van der Waals surface area contributed by atoms with E-state index in [1.807, 2.05) is 24.3 Å². The summed E-state index contributed by atoms with van der Waals surface area (Å²) < 4.78 is 1.41. The van der Waals surface area contributed by atoms with E-state index < -0.39 is 0 Å². The summed E-state index contributed by atoms with van der Waals surface area (Å²) in [4.78, 5) is 36.5. The number of pyridine rings is 1. The zero-order valence-corrected chi connectivity index (χ0v) is 18.9. The Balaban J connectivity index is 1.23. The largest absolute Gasteiger partial charge is 0.336 e. The van der Waals surface area contributed by atoms with E-state index in [-0.39, 0.29) is 17.0 Å². The van der Waals surface area contributed by atoms with Crippen LogP contribution in [-0.4, -0.2) is 51.3 Å². The Kier molecular flexibility index (Phi) is 5.78. The van der Waals surface area contributed by atoms with Crippen LogP contribution in [0.1, 0.15) is 15.2 Å². The van der Waals surface area contributed by atoms with Crippen LogP contribution in [0.3, 0.4) is 0 Å². The van der Waals surface area contributed by atoms with Crippen LogP contribution in [0.4, 0.5) is 0 Å². The predicted octanol–water partition coefficient (Wildman–Crippen LogP) is 4.03. The van der Waals surface area contributed by atoms with Gasteiger partial charge in [-0.15, -0.1) is 11.3 Å². The lowest BCUT2D eigenvalue weighted by Gasteiger charge is -2.34. The molecule has 1 aliphatic rings. The molecule has 1 aliphatic heterocycles. The Morgan fingerprint density at radius 3 is 2.69 bits per heavy atom. The molecule has 1 fully saturated rings. The number of amides is 1. The lowest BCUT2D eigenvalue weighted by Crippen LogP contribution is -2.49. The van der Waals surface area contributed by atoms with Gasteiger partial charge in [0.25, 0.3) is 11.5 Å². The summed E-state index contributed by atoms with van der Waals surface area (Å²) >= 11 is 7.88. The molecule has 0 atom stereocenters. The lowest BCUT2D eigenvalue weighted by atomic mass is 10.2. The minimum Gasteiger partial charge on any atom is -0.336 e. The highest BCUT2D eigenvalue weighted by molar-refractivity contribution is 7.15. The quantitative estimate of drug-likeness (QED) is 0.457. The highest BCUT2D eigenvalue weighted by atomic mass is 35.5. The first-order valence-electron chi connectivity index (χ1n) is 10.4. The number of thiophene rings is 1. The average Bonchev–Trinajstić information content (AvgIpc) is 3.28. The number of piperazine rings is 1.